The minimum atomic E-state index is -0.754. The second-order valence-corrected chi connectivity index (χ2v) is 9.76. The van der Waals surface area contributed by atoms with Crippen LogP contribution in [0.15, 0.2) is 54.6 Å². The van der Waals surface area contributed by atoms with Crippen molar-refractivity contribution in [1.82, 2.24) is 14.7 Å². The van der Waals surface area contributed by atoms with E-state index < -0.39 is 6.10 Å². The van der Waals surface area contributed by atoms with E-state index in [0.717, 1.165) is 41.2 Å². The average Bonchev–Trinajstić information content (AvgIpc) is 3.63. The number of carbonyl (C=O) groups is 1. The fourth-order valence-electron chi connectivity index (χ4n) is 4.27. The third-order valence-electron chi connectivity index (χ3n) is 6.30. The van der Waals surface area contributed by atoms with Crippen molar-refractivity contribution < 1.29 is 19.4 Å². The third kappa shape index (κ3) is 7.18. The second-order valence-electron chi connectivity index (χ2n) is 9.76. The summed E-state index contributed by atoms with van der Waals surface area (Å²) in [6.45, 7) is 7.85. The van der Waals surface area contributed by atoms with Gasteiger partial charge < -0.3 is 14.6 Å². The molecule has 1 saturated carbocycles. The van der Waals surface area contributed by atoms with Gasteiger partial charge in [0.1, 0.15) is 18.5 Å². The van der Waals surface area contributed by atoms with Crippen molar-refractivity contribution in [3.63, 3.8) is 0 Å². The predicted octanol–water partition coefficient (Wildman–Crippen LogP) is 5.20. The van der Waals surface area contributed by atoms with E-state index in [9.17, 15) is 9.90 Å². The summed E-state index contributed by atoms with van der Waals surface area (Å²) in [5.74, 6) is 1.79. The summed E-state index contributed by atoms with van der Waals surface area (Å²) in [6, 6.07) is 18.0. The monoisotopic (exact) mass is 491 g/mol. The lowest BCUT2D eigenvalue weighted by Crippen LogP contribution is -2.36. The summed E-state index contributed by atoms with van der Waals surface area (Å²) in [7, 11) is 0. The zero-order valence-electron chi connectivity index (χ0n) is 21.5. The average molecular weight is 492 g/mol. The lowest BCUT2D eigenvalue weighted by atomic mass is 10.2. The van der Waals surface area contributed by atoms with Crippen molar-refractivity contribution in [3.05, 3.63) is 71.4 Å². The number of benzene rings is 2. The molecule has 0 radical (unpaired) electrons. The fourth-order valence-corrected chi connectivity index (χ4v) is 4.27. The molecule has 0 saturated heterocycles. The zero-order valence-corrected chi connectivity index (χ0v) is 21.5. The van der Waals surface area contributed by atoms with Crippen LogP contribution in [-0.4, -0.2) is 51.6 Å². The van der Waals surface area contributed by atoms with Gasteiger partial charge in [-0.05, 0) is 68.9 Å². The number of aryl methyl sites for hydroxylation is 2. The molecule has 0 amide bonds. The van der Waals surface area contributed by atoms with Crippen molar-refractivity contribution in [2.75, 3.05) is 19.7 Å². The van der Waals surface area contributed by atoms with Crippen LogP contribution in [0.4, 0.5) is 0 Å². The van der Waals surface area contributed by atoms with Crippen molar-refractivity contribution in [2.24, 2.45) is 5.92 Å². The van der Waals surface area contributed by atoms with Gasteiger partial charge in [-0.15, -0.1) is 0 Å². The summed E-state index contributed by atoms with van der Waals surface area (Å²) >= 11 is 0. The molecule has 36 heavy (non-hydrogen) atoms. The lowest BCUT2D eigenvalue weighted by Gasteiger charge is -2.25. The van der Waals surface area contributed by atoms with Crippen LogP contribution in [0.1, 0.15) is 49.4 Å². The van der Waals surface area contributed by atoms with Crippen LogP contribution in [0.25, 0.3) is 5.69 Å². The Morgan fingerprint density at radius 3 is 2.64 bits per heavy atom. The third-order valence-corrected chi connectivity index (χ3v) is 6.30. The first kappa shape index (κ1) is 25.9. The van der Waals surface area contributed by atoms with E-state index in [1.807, 2.05) is 80.1 Å². The number of aliphatic hydroxyl groups excluding tert-OH is 1. The topological polar surface area (TPSA) is 76.8 Å². The number of aliphatic hydroxyl groups is 1. The van der Waals surface area contributed by atoms with E-state index in [4.69, 9.17) is 14.6 Å². The van der Waals surface area contributed by atoms with Gasteiger partial charge in [0.15, 0.2) is 0 Å². The van der Waals surface area contributed by atoms with E-state index in [1.54, 1.807) is 0 Å². The Bertz CT molecular complexity index is 1140. The van der Waals surface area contributed by atoms with Crippen molar-refractivity contribution in [3.8, 4) is 17.3 Å². The molecule has 1 atom stereocenters. The van der Waals surface area contributed by atoms with E-state index in [0.29, 0.717) is 31.3 Å². The van der Waals surface area contributed by atoms with Crippen LogP contribution >= 0.6 is 0 Å². The standard InChI is InChI=1S/C29H37N3O4/c1-4-9-28(34)35-20-25(33)18-31(17-23-14-15-23)19-27-22(3)30-32(24-11-6-5-7-12-24)29(27)36-26-13-8-10-21(2)16-26/h5-8,10-13,16,23,25,33H,4,9,14-15,17-20H2,1-3H3/t25-/m1/s1. The molecule has 1 fully saturated rings. The first-order valence-electron chi connectivity index (χ1n) is 12.9. The molecule has 1 aromatic heterocycles. The smallest absolute Gasteiger partial charge is 0.305 e. The number of hydrogen-bond donors (Lipinski definition) is 1. The number of carbonyl (C=O) groups excluding carboxylic acids is 1. The number of ether oxygens (including phenoxy) is 2. The van der Waals surface area contributed by atoms with E-state index in [2.05, 4.69) is 4.90 Å². The minimum Gasteiger partial charge on any atom is -0.463 e. The van der Waals surface area contributed by atoms with Gasteiger partial charge in [-0.3, -0.25) is 9.69 Å². The number of para-hydroxylation sites is 1. The Morgan fingerprint density at radius 2 is 1.94 bits per heavy atom. The zero-order chi connectivity index (χ0) is 25.5. The summed E-state index contributed by atoms with van der Waals surface area (Å²) < 4.78 is 13.6. The molecule has 1 aliphatic carbocycles. The summed E-state index contributed by atoms with van der Waals surface area (Å²) in [5, 5.41) is 15.5. The molecule has 7 nitrogen and oxygen atoms in total. The van der Waals surface area contributed by atoms with Crippen LogP contribution in [0, 0.1) is 19.8 Å². The van der Waals surface area contributed by atoms with Crippen LogP contribution in [0.5, 0.6) is 11.6 Å². The quantitative estimate of drug-likeness (QED) is 0.331. The minimum absolute atomic E-state index is 0.00884. The van der Waals surface area contributed by atoms with Crippen LogP contribution < -0.4 is 4.74 Å². The maximum atomic E-state index is 11.8. The molecule has 1 aliphatic rings. The molecule has 1 N–H and O–H groups in total. The summed E-state index contributed by atoms with van der Waals surface area (Å²) in [5.41, 5.74) is 3.90. The number of nitrogens with zero attached hydrogens (tertiary/aromatic N) is 3. The molecule has 2 aromatic carbocycles. The van der Waals surface area contributed by atoms with Crippen molar-refractivity contribution >= 4 is 5.97 Å². The number of hydrogen-bond acceptors (Lipinski definition) is 6. The molecule has 192 valence electrons. The second kappa shape index (κ2) is 12.2. The molecule has 4 rings (SSSR count). The molecular weight excluding hydrogens is 454 g/mol. The Hall–Kier alpha value is -3.16. The van der Waals surface area contributed by atoms with Crippen molar-refractivity contribution in [1.29, 1.82) is 0 Å². The van der Waals surface area contributed by atoms with E-state index >= 15 is 0 Å². The number of esters is 1. The summed E-state index contributed by atoms with van der Waals surface area (Å²) in [6.07, 6.45) is 2.75. The molecule has 7 heteroatoms. The highest BCUT2D eigenvalue weighted by atomic mass is 16.5. The molecule has 0 bridgehead atoms. The van der Waals surface area contributed by atoms with Gasteiger partial charge in [0.25, 0.3) is 0 Å². The maximum absolute atomic E-state index is 11.8. The lowest BCUT2D eigenvalue weighted by molar-refractivity contribution is -0.147. The molecular formula is C29H37N3O4. The number of aromatic nitrogens is 2. The molecule has 0 unspecified atom stereocenters. The van der Waals surface area contributed by atoms with Crippen LogP contribution in [0.3, 0.4) is 0 Å². The Labute approximate surface area is 213 Å². The van der Waals surface area contributed by atoms with E-state index in [1.165, 1.54) is 12.8 Å². The van der Waals surface area contributed by atoms with Gasteiger partial charge in [0.2, 0.25) is 5.88 Å². The highest BCUT2D eigenvalue weighted by Crippen LogP contribution is 2.34. The molecule has 1 heterocycles. The number of rotatable bonds is 13. The first-order valence-corrected chi connectivity index (χ1v) is 12.9. The van der Waals surface area contributed by atoms with Gasteiger partial charge in [0, 0.05) is 26.1 Å². The molecule has 0 spiro atoms. The van der Waals surface area contributed by atoms with Gasteiger partial charge >= 0.3 is 5.97 Å². The van der Waals surface area contributed by atoms with Gasteiger partial charge in [-0.2, -0.15) is 5.10 Å². The van der Waals surface area contributed by atoms with Gasteiger partial charge in [-0.1, -0.05) is 37.3 Å². The van der Waals surface area contributed by atoms with Crippen LogP contribution in [0.2, 0.25) is 0 Å². The first-order chi connectivity index (χ1) is 17.4. The highest BCUT2D eigenvalue weighted by molar-refractivity contribution is 5.69. The molecule has 3 aromatic rings. The summed E-state index contributed by atoms with van der Waals surface area (Å²) in [4.78, 5) is 14.0. The predicted molar refractivity (Wildman–Crippen MR) is 139 cm³/mol. The highest BCUT2D eigenvalue weighted by Gasteiger charge is 2.28. The Balaban J connectivity index is 1.59. The fraction of sp³-hybridized carbons (Fsp3) is 0.448. The van der Waals surface area contributed by atoms with Crippen molar-refractivity contribution in [2.45, 2.75) is 59.1 Å². The normalized spacial score (nSPS) is 14.1. The SMILES string of the molecule is CCCC(=O)OC[C@H](O)CN(Cc1c(C)nn(-c2ccccc2)c1Oc1cccc(C)c1)CC1CC1. The van der Waals surface area contributed by atoms with Gasteiger partial charge in [-0.25, -0.2) is 4.68 Å². The largest absolute Gasteiger partial charge is 0.463 e. The van der Waals surface area contributed by atoms with Crippen LogP contribution in [-0.2, 0) is 16.1 Å². The Morgan fingerprint density at radius 1 is 1.17 bits per heavy atom. The van der Waals surface area contributed by atoms with Gasteiger partial charge in [0.05, 0.1) is 16.9 Å². The Kier molecular flexibility index (Phi) is 8.78. The molecule has 0 aliphatic heterocycles. The van der Waals surface area contributed by atoms with E-state index in [-0.39, 0.29) is 12.6 Å². The maximum Gasteiger partial charge on any atom is 0.305 e.